The van der Waals surface area contributed by atoms with Gasteiger partial charge in [-0.2, -0.15) is 0 Å². The number of hydrogen-bond acceptors (Lipinski definition) is 5. The van der Waals surface area contributed by atoms with Gasteiger partial charge >= 0.3 is 12.1 Å². The van der Waals surface area contributed by atoms with Gasteiger partial charge in [-0.3, -0.25) is 0 Å². The summed E-state index contributed by atoms with van der Waals surface area (Å²) < 4.78 is 10.5. The molecule has 1 heterocycles. The summed E-state index contributed by atoms with van der Waals surface area (Å²) in [6, 6.07) is 6.93. The molecular formula is C19H27N3O4. The van der Waals surface area contributed by atoms with Gasteiger partial charge < -0.3 is 25.5 Å². The average molecular weight is 361 g/mol. The van der Waals surface area contributed by atoms with E-state index in [9.17, 15) is 9.59 Å². The lowest BCUT2D eigenvalue weighted by molar-refractivity contribution is -0.146. The second-order valence-corrected chi connectivity index (χ2v) is 7.07. The molecule has 0 spiro atoms. The van der Waals surface area contributed by atoms with Crippen LogP contribution in [0.15, 0.2) is 30.5 Å². The highest BCUT2D eigenvalue weighted by atomic mass is 16.6. The average Bonchev–Trinajstić information content (AvgIpc) is 2.96. The lowest BCUT2D eigenvalue weighted by Gasteiger charge is -2.23. The van der Waals surface area contributed by atoms with Crippen molar-refractivity contribution in [3.05, 3.63) is 36.0 Å². The van der Waals surface area contributed by atoms with E-state index in [-0.39, 0.29) is 6.61 Å². The number of H-pyrrole nitrogens is 1. The molecule has 0 aliphatic carbocycles. The van der Waals surface area contributed by atoms with Gasteiger partial charge in [0, 0.05) is 23.5 Å². The van der Waals surface area contributed by atoms with Crippen LogP contribution < -0.4 is 11.1 Å². The molecule has 7 nitrogen and oxygen atoms in total. The molecule has 1 amide bonds. The fourth-order valence-corrected chi connectivity index (χ4v) is 2.52. The van der Waals surface area contributed by atoms with Crippen LogP contribution in [-0.2, 0) is 20.7 Å². The van der Waals surface area contributed by atoms with Gasteiger partial charge in [0.2, 0.25) is 0 Å². The Hall–Kier alpha value is -2.54. The molecule has 0 saturated heterocycles. The van der Waals surface area contributed by atoms with Gasteiger partial charge in [0.05, 0.1) is 6.61 Å². The van der Waals surface area contributed by atoms with Crippen LogP contribution in [-0.4, -0.2) is 41.8 Å². The molecular weight excluding hydrogens is 334 g/mol. The lowest BCUT2D eigenvalue weighted by atomic mass is 10.1. The number of ether oxygens (including phenoxy) is 2. The van der Waals surface area contributed by atoms with E-state index >= 15 is 0 Å². The number of rotatable bonds is 7. The zero-order valence-electron chi connectivity index (χ0n) is 15.5. The monoisotopic (exact) mass is 361 g/mol. The van der Waals surface area contributed by atoms with Crippen LogP contribution in [0, 0.1) is 0 Å². The first-order valence-electron chi connectivity index (χ1n) is 8.71. The second kappa shape index (κ2) is 8.71. The van der Waals surface area contributed by atoms with Gasteiger partial charge in [0.15, 0.2) is 0 Å². The minimum absolute atomic E-state index is 0.218. The molecule has 0 unspecified atom stereocenters. The highest BCUT2D eigenvalue weighted by Gasteiger charge is 2.26. The molecule has 142 valence electrons. The van der Waals surface area contributed by atoms with E-state index in [2.05, 4.69) is 10.3 Å². The Labute approximate surface area is 153 Å². The molecule has 7 heteroatoms. The zero-order chi connectivity index (χ0) is 19.2. The van der Waals surface area contributed by atoms with Gasteiger partial charge in [-0.15, -0.1) is 0 Å². The number of benzene rings is 1. The predicted octanol–water partition coefficient (Wildman–Crippen LogP) is 2.50. The van der Waals surface area contributed by atoms with Crippen molar-refractivity contribution >= 4 is 23.0 Å². The fraction of sp³-hybridized carbons (Fsp3) is 0.474. The molecule has 2 aromatic rings. The van der Waals surface area contributed by atoms with Gasteiger partial charge in [0.25, 0.3) is 0 Å². The summed E-state index contributed by atoms with van der Waals surface area (Å²) in [5.74, 6) is -0.505. The number of alkyl carbamates (subject to hydrolysis) is 1. The number of carbonyl (C=O) groups is 2. The van der Waals surface area contributed by atoms with E-state index in [0.29, 0.717) is 19.4 Å². The van der Waals surface area contributed by atoms with E-state index in [4.69, 9.17) is 15.2 Å². The van der Waals surface area contributed by atoms with Crippen molar-refractivity contribution in [2.75, 3.05) is 13.2 Å². The van der Waals surface area contributed by atoms with E-state index in [1.807, 2.05) is 30.5 Å². The maximum absolute atomic E-state index is 12.4. The highest BCUT2D eigenvalue weighted by Crippen LogP contribution is 2.19. The zero-order valence-corrected chi connectivity index (χ0v) is 15.5. The normalized spacial score (nSPS) is 12.6. The first kappa shape index (κ1) is 19.8. The molecule has 2 rings (SSSR count). The molecule has 1 atom stereocenters. The SMILES string of the molecule is CC(C)(C)OC(=O)N[C@@H](Cc1c[nH]c2ccccc12)C(=O)OCCCN. The predicted molar refractivity (Wildman–Crippen MR) is 99.8 cm³/mol. The Morgan fingerprint density at radius 1 is 1.27 bits per heavy atom. The van der Waals surface area contributed by atoms with Crippen LogP contribution in [0.5, 0.6) is 0 Å². The maximum atomic E-state index is 12.4. The van der Waals surface area contributed by atoms with Crippen LogP contribution in [0.4, 0.5) is 4.79 Å². The third kappa shape index (κ3) is 5.77. The van der Waals surface area contributed by atoms with E-state index in [1.54, 1.807) is 20.8 Å². The number of fused-ring (bicyclic) bond motifs is 1. The number of nitrogens with one attached hydrogen (secondary N) is 2. The second-order valence-electron chi connectivity index (χ2n) is 7.07. The Morgan fingerprint density at radius 2 is 2.00 bits per heavy atom. The lowest BCUT2D eigenvalue weighted by Crippen LogP contribution is -2.45. The first-order chi connectivity index (χ1) is 12.3. The number of nitrogens with two attached hydrogens (primary N) is 1. The summed E-state index contributed by atoms with van der Waals surface area (Å²) in [5, 5.41) is 3.62. The van der Waals surface area contributed by atoms with E-state index < -0.39 is 23.7 Å². The number of para-hydroxylation sites is 1. The summed E-state index contributed by atoms with van der Waals surface area (Å²) >= 11 is 0. The Bertz CT molecular complexity index is 749. The molecule has 26 heavy (non-hydrogen) atoms. The van der Waals surface area contributed by atoms with Crippen LogP contribution >= 0.6 is 0 Å². The van der Waals surface area contributed by atoms with Crippen molar-refractivity contribution in [3.8, 4) is 0 Å². The quantitative estimate of drug-likeness (QED) is 0.519. The summed E-state index contributed by atoms with van der Waals surface area (Å²) in [7, 11) is 0. The Morgan fingerprint density at radius 3 is 2.69 bits per heavy atom. The van der Waals surface area contributed by atoms with Gasteiger partial charge in [-0.25, -0.2) is 9.59 Å². The van der Waals surface area contributed by atoms with Crippen molar-refractivity contribution in [2.45, 2.75) is 45.3 Å². The minimum Gasteiger partial charge on any atom is -0.464 e. The molecule has 0 bridgehead atoms. The molecule has 0 saturated carbocycles. The molecule has 0 radical (unpaired) electrons. The smallest absolute Gasteiger partial charge is 0.408 e. The van der Waals surface area contributed by atoms with Crippen molar-refractivity contribution in [3.63, 3.8) is 0 Å². The largest absolute Gasteiger partial charge is 0.464 e. The van der Waals surface area contributed by atoms with Crippen molar-refractivity contribution in [2.24, 2.45) is 5.73 Å². The molecule has 1 aromatic carbocycles. The summed E-state index contributed by atoms with van der Waals surface area (Å²) in [6.07, 6.45) is 2.04. The third-order valence-electron chi connectivity index (χ3n) is 3.67. The summed E-state index contributed by atoms with van der Waals surface area (Å²) in [4.78, 5) is 27.7. The maximum Gasteiger partial charge on any atom is 0.408 e. The number of aromatic amines is 1. The van der Waals surface area contributed by atoms with Crippen molar-refractivity contribution < 1.29 is 19.1 Å². The van der Waals surface area contributed by atoms with Crippen LogP contribution in [0.2, 0.25) is 0 Å². The summed E-state index contributed by atoms with van der Waals surface area (Å²) in [6.45, 7) is 5.94. The Balaban J connectivity index is 2.13. The summed E-state index contributed by atoms with van der Waals surface area (Å²) in [5.41, 5.74) is 6.66. The highest BCUT2D eigenvalue weighted by molar-refractivity contribution is 5.86. The Kier molecular flexibility index (Phi) is 6.63. The molecule has 0 aliphatic heterocycles. The molecule has 4 N–H and O–H groups in total. The van der Waals surface area contributed by atoms with E-state index in [1.165, 1.54) is 0 Å². The topological polar surface area (TPSA) is 106 Å². The number of hydrogen-bond donors (Lipinski definition) is 3. The third-order valence-corrected chi connectivity index (χ3v) is 3.67. The number of esters is 1. The van der Waals surface area contributed by atoms with Crippen LogP contribution in [0.25, 0.3) is 10.9 Å². The molecule has 0 fully saturated rings. The molecule has 0 aliphatic rings. The van der Waals surface area contributed by atoms with Crippen molar-refractivity contribution in [1.29, 1.82) is 0 Å². The molecule has 1 aromatic heterocycles. The fourth-order valence-electron chi connectivity index (χ4n) is 2.52. The van der Waals surface area contributed by atoms with Crippen LogP contribution in [0.1, 0.15) is 32.8 Å². The standard InChI is InChI=1S/C19H27N3O4/c1-19(2,3)26-18(24)22-16(17(23)25-10-6-9-20)11-13-12-21-15-8-5-4-7-14(13)15/h4-5,7-8,12,16,21H,6,9-11,20H2,1-3H3,(H,22,24)/t16-/m0/s1. The first-order valence-corrected chi connectivity index (χ1v) is 8.71. The van der Waals surface area contributed by atoms with Gasteiger partial charge in [0.1, 0.15) is 11.6 Å². The van der Waals surface area contributed by atoms with Gasteiger partial charge in [-0.1, -0.05) is 18.2 Å². The van der Waals surface area contributed by atoms with Crippen LogP contribution in [0.3, 0.4) is 0 Å². The number of amides is 1. The van der Waals surface area contributed by atoms with Gasteiger partial charge in [-0.05, 0) is 45.4 Å². The number of aromatic nitrogens is 1. The minimum atomic E-state index is -0.846. The number of carbonyl (C=O) groups excluding carboxylic acids is 2. The van der Waals surface area contributed by atoms with E-state index in [0.717, 1.165) is 16.5 Å². The van der Waals surface area contributed by atoms with Crippen molar-refractivity contribution in [1.82, 2.24) is 10.3 Å².